The summed E-state index contributed by atoms with van der Waals surface area (Å²) in [6.07, 6.45) is 7.11. The number of nitrogens with one attached hydrogen (secondary N) is 1. The number of carbonyl (C=O) groups excluding carboxylic acids is 2. The highest BCUT2D eigenvalue weighted by Crippen LogP contribution is 2.28. The van der Waals surface area contributed by atoms with Gasteiger partial charge in [0, 0.05) is 13.1 Å². The number of methoxy groups -OCH3 is 1. The second-order valence-corrected chi connectivity index (χ2v) is 5.92. The maximum atomic E-state index is 12.0. The fraction of sp³-hybridized carbons (Fsp3) is 0.474. The van der Waals surface area contributed by atoms with E-state index in [9.17, 15) is 9.59 Å². The van der Waals surface area contributed by atoms with E-state index >= 15 is 0 Å². The Kier molecular flexibility index (Phi) is 7.32. The molecule has 1 fully saturated rings. The first-order valence-electron chi connectivity index (χ1n) is 8.62. The van der Waals surface area contributed by atoms with Crippen molar-refractivity contribution in [3.05, 3.63) is 29.8 Å². The minimum absolute atomic E-state index is 0.0135. The van der Waals surface area contributed by atoms with Crippen LogP contribution in [0.3, 0.4) is 0 Å². The van der Waals surface area contributed by atoms with Crippen LogP contribution in [-0.2, 0) is 9.59 Å². The summed E-state index contributed by atoms with van der Waals surface area (Å²) in [5.41, 5.74) is 0.989. The molecule has 1 aromatic carbocycles. The number of nitrogens with zero attached hydrogens (tertiary/aromatic N) is 1. The Bertz CT molecular complexity index is 622. The van der Waals surface area contributed by atoms with Gasteiger partial charge in [0.2, 0.25) is 5.91 Å². The summed E-state index contributed by atoms with van der Waals surface area (Å²) < 4.78 is 10.8. The Morgan fingerprint density at radius 3 is 2.64 bits per heavy atom. The van der Waals surface area contributed by atoms with Crippen molar-refractivity contribution in [3.8, 4) is 11.5 Å². The van der Waals surface area contributed by atoms with Crippen LogP contribution in [0.2, 0.25) is 0 Å². The van der Waals surface area contributed by atoms with E-state index in [0.717, 1.165) is 31.5 Å². The summed E-state index contributed by atoms with van der Waals surface area (Å²) in [5.74, 6) is 0.687. The SMILES string of the molecule is C/C=C/c1ccc(OCC(=O)NCC(=O)N2CCCCC2)c(OC)c1. The Morgan fingerprint density at radius 2 is 1.96 bits per heavy atom. The fourth-order valence-electron chi connectivity index (χ4n) is 2.72. The number of hydrogen-bond donors (Lipinski definition) is 1. The second kappa shape index (κ2) is 9.71. The number of likely N-dealkylation sites (tertiary alicyclic amines) is 1. The van der Waals surface area contributed by atoms with Gasteiger partial charge in [-0.25, -0.2) is 0 Å². The number of allylic oxidation sites excluding steroid dienone is 1. The Balaban J connectivity index is 1.80. The van der Waals surface area contributed by atoms with Gasteiger partial charge < -0.3 is 19.7 Å². The second-order valence-electron chi connectivity index (χ2n) is 5.92. The Labute approximate surface area is 148 Å². The van der Waals surface area contributed by atoms with Crippen LogP contribution in [0, 0.1) is 0 Å². The summed E-state index contributed by atoms with van der Waals surface area (Å²) in [6.45, 7) is 3.35. The quantitative estimate of drug-likeness (QED) is 0.822. The number of ether oxygens (including phenoxy) is 2. The molecule has 1 N–H and O–H groups in total. The summed E-state index contributed by atoms with van der Waals surface area (Å²) >= 11 is 0. The smallest absolute Gasteiger partial charge is 0.258 e. The lowest BCUT2D eigenvalue weighted by molar-refractivity contribution is -0.134. The number of carbonyl (C=O) groups is 2. The lowest BCUT2D eigenvalue weighted by Gasteiger charge is -2.26. The molecule has 0 aromatic heterocycles. The fourth-order valence-corrected chi connectivity index (χ4v) is 2.72. The molecule has 0 unspecified atom stereocenters. The molecule has 0 saturated carbocycles. The van der Waals surface area contributed by atoms with Crippen molar-refractivity contribution in [2.45, 2.75) is 26.2 Å². The number of hydrogen-bond acceptors (Lipinski definition) is 4. The largest absolute Gasteiger partial charge is 0.493 e. The van der Waals surface area contributed by atoms with Gasteiger partial charge in [-0.05, 0) is 43.9 Å². The van der Waals surface area contributed by atoms with Crippen molar-refractivity contribution < 1.29 is 19.1 Å². The van der Waals surface area contributed by atoms with E-state index in [2.05, 4.69) is 5.32 Å². The average Bonchev–Trinajstić information content (AvgIpc) is 2.65. The number of piperidine rings is 1. The lowest BCUT2D eigenvalue weighted by Crippen LogP contribution is -2.43. The van der Waals surface area contributed by atoms with Gasteiger partial charge in [0.05, 0.1) is 13.7 Å². The topological polar surface area (TPSA) is 67.9 Å². The van der Waals surface area contributed by atoms with Crippen LogP contribution in [0.25, 0.3) is 6.08 Å². The van der Waals surface area contributed by atoms with Gasteiger partial charge >= 0.3 is 0 Å². The van der Waals surface area contributed by atoms with Crippen molar-refractivity contribution >= 4 is 17.9 Å². The molecular weight excluding hydrogens is 320 g/mol. The molecule has 1 saturated heterocycles. The summed E-state index contributed by atoms with van der Waals surface area (Å²) in [6, 6.07) is 5.49. The van der Waals surface area contributed by atoms with Crippen LogP contribution in [0.5, 0.6) is 11.5 Å². The third-order valence-electron chi connectivity index (χ3n) is 4.05. The van der Waals surface area contributed by atoms with Gasteiger partial charge in [-0.15, -0.1) is 0 Å². The lowest BCUT2D eigenvalue weighted by atomic mass is 10.1. The van der Waals surface area contributed by atoms with Gasteiger partial charge in [-0.3, -0.25) is 9.59 Å². The minimum Gasteiger partial charge on any atom is -0.493 e. The molecular formula is C19H26N2O4. The molecule has 1 aromatic rings. The monoisotopic (exact) mass is 346 g/mol. The van der Waals surface area contributed by atoms with Crippen molar-refractivity contribution in [2.24, 2.45) is 0 Å². The van der Waals surface area contributed by atoms with Crippen LogP contribution in [-0.4, -0.2) is 50.1 Å². The van der Waals surface area contributed by atoms with Gasteiger partial charge in [0.15, 0.2) is 18.1 Å². The van der Waals surface area contributed by atoms with E-state index in [0.29, 0.717) is 11.5 Å². The van der Waals surface area contributed by atoms with E-state index in [4.69, 9.17) is 9.47 Å². The normalized spacial score (nSPS) is 14.4. The van der Waals surface area contributed by atoms with Crippen LogP contribution in [0.1, 0.15) is 31.7 Å². The number of benzene rings is 1. The van der Waals surface area contributed by atoms with E-state index in [1.54, 1.807) is 18.1 Å². The molecule has 1 aliphatic rings. The van der Waals surface area contributed by atoms with E-state index in [1.165, 1.54) is 6.42 Å². The van der Waals surface area contributed by atoms with Gasteiger partial charge in [-0.2, -0.15) is 0 Å². The maximum absolute atomic E-state index is 12.0. The summed E-state index contributed by atoms with van der Waals surface area (Å²) in [5, 5.41) is 2.61. The van der Waals surface area contributed by atoms with Crippen LogP contribution in [0.4, 0.5) is 0 Å². The standard InChI is InChI=1S/C19H26N2O4/c1-3-7-15-8-9-16(17(12-15)24-2)25-14-18(22)20-13-19(23)21-10-5-4-6-11-21/h3,7-9,12H,4-6,10-11,13-14H2,1-2H3,(H,20,22)/b7-3+. The predicted molar refractivity (Wildman–Crippen MR) is 96.6 cm³/mol. The molecule has 2 rings (SSSR count). The van der Waals surface area contributed by atoms with E-state index in [1.807, 2.05) is 31.2 Å². The summed E-state index contributed by atoms with van der Waals surface area (Å²) in [4.78, 5) is 25.7. The highest BCUT2D eigenvalue weighted by Gasteiger charge is 2.17. The predicted octanol–water partition coefficient (Wildman–Crippen LogP) is 2.24. The number of rotatable bonds is 7. The van der Waals surface area contributed by atoms with Crippen LogP contribution >= 0.6 is 0 Å². The van der Waals surface area contributed by atoms with E-state index < -0.39 is 0 Å². The molecule has 1 heterocycles. The molecule has 0 aliphatic carbocycles. The highest BCUT2D eigenvalue weighted by atomic mass is 16.5. The number of amides is 2. The first kappa shape index (κ1) is 18.8. The zero-order valence-corrected chi connectivity index (χ0v) is 14.9. The van der Waals surface area contributed by atoms with Crippen molar-refractivity contribution in [2.75, 3.05) is 33.4 Å². The van der Waals surface area contributed by atoms with Crippen molar-refractivity contribution in [1.29, 1.82) is 0 Å². The third kappa shape index (κ3) is 5.81. The minimum atomic E-state index is -0.329. The molecule has 136 valence electrons. The Morgan fingerprint density at radius 1 is 1.20 bits per heavy atom. The molecule has 0 atom stereocenters. The Hall–Kier alpha value is -2.50. The van der Waals surface area contributed by atoms with Crippen molar-refractivity contribution in [3.63, 3.8) is 0 Å². The molecule has 1 aliphatic heterocycles. The van der Waals surface area contributed by atoms with Gasteiger partial charge in [0.1, 0.15) is 0 Å². The van der Waals surface area contributed by atoms with Crippen molar-refractivity contribution in [1.82, 2.24) is 10.2 Å². The van der Waals surface area contributed by atoms with Gasteiger partial charge in [0.25, 0.3) is 5.91 Å². The molecule has 0 bridgehead atoms. The molecule has 6 nitrogen and oxygen atoms in total. The van der Waals surface area contributed by atoms with Crippen LogP contribution < -0.4 is 14.8 Å². The first-order valence-corrected chi connectivity index (χ1v) is 8.62. The molecule has 25 heavy (non-hydrogen) atoms. The highest BCUT2D eigenvalue weighted by molar-refractivity contribution is 5.85. The molecule has 6 heteroatoms. The van der Waals surface area contributed by atoms with Crippen LogP contribution in [0.15, 0.2) is 24.3 Å². The average molecular weight is 346 g/mol. The zero-order chi connectivity index (χ0) is 18.1. The summed E-state index contributed by atoms with van der Waals surface area (Å²) in [7, 11) is 1.55. The third-order valence-corrected chi connectivity index (χ3v) is 4.05. The molecule has 2 amide bonds. The first-order chi connectivity index (χ1) is 12.1. The van der Waals surface area contributed by atoms with E-state index in [-0.39, 0.29) is 25.0 Å². The van der Waals surface area contributed by atoms with Gasteiger partial charge in [-0.1, -0.05) is 18.2 Å². The molecule has 0 spiro atoms. The molecule has 0 radical (unpaired) electrons. The maximum Gasteiger partial charge on any atom is 0.258 e. The zero-order valence-electron chi connectivity index (χ0n) is 14.9.